The number of aliphatic hydroxyl groups is 4. The number of fused-ring (bicyclic) bond motifs is 1. The van der Waals surface area contributed by atoms with Gasteiger partial charge in [0.05, 0.1) is 37.1 Å². The summed E-state index contributed by atoms with van der Waals surface area (Å²) in [6.45, 7) is -0.865. The molecule has 3 rings (SSSR count). The molecule has 0 aliphatic heterocycles. The number of nitrogen functional groups attached to an aromatic ring is 1. The second kappa shape index (κ2) is 18.0. The lowest BCUT2D eigenvalue weighted by atomic mass is 9.88. The van der Waals surface area contributed by atoms with E-state index in [4.69, 9.17) is 10.8 Å². The van der Waals surface area contributed by atoms with Crippen molar-refractivity contribution in [1.82, 2.24) is 30.6 Å². The molecule has 21 heteroatoms. The maximum absolute atomic E-state index is 12.8. The van der Waals surface area contributed by atoms with E-state index in [2.05, 4.69) is 48.5 Å². The van der Waals surface area contributed by atoms with Gasteiger partial charge in [0.1, 0.15) is 30.1 Å². The van der Waals surface area contributed by atoms with Gasteiger partial charge in [-0.2, -0.15) is 17.6 Å². The van der Waals surface area contributed by atoms with E-state index in [1.165, 1.54) is 30.5 Å². The third kappa shape index (κ3) is 10.6. The lowest BCUT2D eigenvalue weighted by Crippen LogP contribution is -2.52. The first-order valence-electron chi connectivity index (χ1n) is 14.8. The number of rotatable bonds is 19. The largest absolute Gasteiger partial charge is 0.480 e. The lowest BCUT2D eigenvalue weighted by Gasteiger charge is -2.28. The molecule has 3 aromatic rings. The summed E-state index contributed by atoms with van der Waals surface area (Å²) in [5, 5.41) is 65.7. The monoisotopic (exact) mass is 720 g/mol. The summed E-state index contributed by atoms with van der Waals surface area (Å²) in [6.07, 6.45) is -6.54. The van der Waals surface area contributed by atoms with Crippen LogP contribution in [0.5, 0.6) is 0 Å². The van der Waals surface area contributed by atoms with Crippen LogP contribution in [-0.2, 0) is 25.7 Å². The van der Waals surface area contributed by atoms with Crippen molar-refractivity contribution in [2.24, 2.45) is 5.92 Å². The minimum Gasteiger partial charge on any atom is -0.480 e. The molecule has 0 spiro atoms. The number of ketones is 1. The summed E-state index contributed by atoms with van der Waals surface area (Å²) in [5.74, 6) is -8.00. The van der Waals surface area contributed by atoms with Gasteiger partial charge in [0, 0.05) is 29.8 Å². The highest BCUT2D eigenvalue weighted by Crippen LogP contribution is 2.19. The third-order valence-corrected chi connectivity index (χ3v) is 7.71. The van der Waals surface area contributed by atoms with E-state index >= 15 is 0 Å². The predicted molar refractivity (Wildman–Crippen MR) is 176 cm³/mol. The van der Waals surface area contributed by atoms with E-state index in [0.717, 1.165) is 0 Å². The summed E-state index contributed by atoms with van der Waals surface area (Å²) in [6, 6.07) is 2.76. The average molecular weight is 721 g/mol. The van der Waals surface area contributed by atoms with Crippen molar-refractivity contribution in [2.75, 3.05) is 23.4 Å². The van der Waals surface area contributed by atoms with Crippen molar-refractivity contribution in [3.63, 3.8) is 0 Å². The topological polar surface area (TPSA) is 340 Å². The number of carbonyl (C=O) groups excluding carboxylic acids is 3. The molecule has 0 bridgehead atoms. The van der Waals surface area contributed by atoms with Crippen LogP contribution in [0.2, 0.25) is 0 Å². The van der Waals surface area contributed by atoms with E-state index < -0.39 is 97.3 Å². The first kappa shape index (κ1) is 39.2. The molecule has 0 radical (unpaired) electrons. The highest BCUT2D eigenvalue weighted by molar-refractivity contribution is 7.80. The van der Waals surface area contributed by atoms with Crippen LogP contribution in [0.1, 0.15) is 35.3 Å². The molecule has 2 aromatic heterocycles. The molecule has 0 saturated carbocycles. The van der Waals surface area contributed by atoms with Gasteiger partial charge in [-0.15, -0.1) is 0 Å². The molecule has 50 heavy (non-hydrogen) atoms. The number of hydrogen-bond acceptors (Lipinski definition) is 16. The third-order valence-electron chi connectivity index (χ3n) is 7.35. The van der Waals surface area contributed by atoms with E-state index in [1.807, 2.05) is 0 Å². The van der Waals surface area contributed by atoms with Crippen molar-refractivity contribution in [2.45, 2.75) is 56.2 Å². The van der Waals surface area contributed by atoms with Gasteiger partial charge >= 0.3 is 11.9 Å². The first-order chi connectivity index (χ1) is 23.6. The number of carboxylic acid groups (broad SMARTS) is 2. The molecule has 270 valence electrons. The van der Waals surface area contributed by atoms with Crippen molar-refractivity contribution >= 4 is 65.0 Å². The lowest BCUT2D eigenvalue weighted by molar-refractivity contribution is -0.147. The number of aliphatic hydroxyl groups excluding tert-OH is 4. The van der Waals surface area contributed by atoms with Crippen molar-refractivity contribution in [1.29, 1.82) is 0 Å². The zero-order valence-corrected chi connectivity index (χ0v) is 27.0. The van der Waals surface area contributed by atoms with Crippen LogP contribution in [0.15, 0.2) is 35.3 Å². The Morgan fingerprint density at radius 3 is 2.20 bits per heavy atom. The number of carbonyl (C=O) groups is 5. The fraction of sp³-hybridized carbons (Fsp3) is 0.414. The molecule has 0 aliphatic carbocycles. The normalized spacial score (nSPS) is 14.8. The van der Waals surface area contributed by atoms with Crippen LogP contribution in [0.4, 0.5) is 11.6 Å². The molecule has 6 atom stereocenters. The molecule has 2 heterocycles. The number of Topliss-reactive ketones (excluding diaryl/α,β-unsaturated/α-hetero) is 1. The number of nitrogens with one attached hydrogen (secondary N) is 4. The smallest absolute Gasteiger partial charge is 0.327 e. The van der Waals surface area contributed by atoms with Gasteiger partial charge in [-0.25, -0.2) is 19.6 Å². The molecule has 0 saturated heterocycles. The molecule has 12 N–H and O–H groups in total. The Balaban J connectivity index is 1.61. The predicted octanol–water partition coefficient (Wildman–Crippen LogP) is -2.98. The number of nitrogens with two attached hydrogens (primary N) is 1. The quantitative estimate of drug-likeness (QED) is 0.0550. The van der Waals surface area contributed by atoms with E-state index in [9.17, 15) is 54.3 Å². The zero-order chi connectivity index (χ0) is 37.1. The maximum Gasteiger partial charge on any atom is 0.327 e. The molecule has 2 amide bonds. The number of benzene rings is 1. The van der Waals surface area contributed by atoms with E-state index in [-0.39, 0.29) is 35.0 Å². The Labute approximate surface area is 287 Å². The number of aliphatic carboxylic acids is 2. The average Bonchev–Trinajstić information content (AvgIpc) is 3.09. The number of H-pyrrole nitrogens is 1. The molecule has 20 nitrogen and oxygen atoms in total. The minimum atomic E-state index is -2.13. The van der Waals surface area contributed by atoms with E-state index in [1.54, 1.807) is 0 Å². The summed E-state index contributed by atoms with van der Waals surface area (Å²) >= 11 is 3.82. The summed E-state index contributed by atoms with van der Waals surface area (Å²) in [7, 11) is 0. The van der Waals surface area contributed by atoms with Gasteiger partial charge in [-0.1, -0.05) is 0 Å². The number of nitrogens with zero attached hydrogens (tertiary/aromatic N) is 3. The van der Waals surface area contributed by atoms with Crippen molar-refractivity contribution in [3.05, 3.63) is 52.1 Å². The number of carboxylic acids is 2. The van der Waals surface area contributed by atoms with Gasteiger partial charge in [0.2, 0.25) is 11.9 Å². The SMILES string of the molecule is Nc1nc2ncc(CNc3ccc(C(=O)N[C@@H](CCC(=O)CC(C(=O)N[C@H](CS)C(=O)O)C(O)[C@H](O)[C@H](O)CO)C(=O)O)cc3)nc2c(=O)[nH]1. The molecular formula is C29H36N8O12S. The fourth-order valence-electron chi connectivity index (χ4n) is 4.55. The molecule has 2 unspecified atom stereocenters. The van der Waals surface area contributed by atoms with Crippen molar-refractivity contribution in [3.8, 4) is 0 Å². The number of hydrogen-bond donors (Lipinski definition) is 12. The molecular weight excluding hydrogens is 684 g/mol. The Morgan fingerprint density at radius 2 is 1.60 bits per heavy atom. The minimum absolute atomic E-state index is 0.00193. The summed E-state index contributed by atoms with van der Waals surface area (Å²) in [4.78, 5) is 88.3. The van der Waals surface area contributed by atoms with Crippen LogP contribution < -0.4 is 27.2 Å². The standard InChI is InChI=1S/C29H36N8O12S/c30-29-36-23-20(26(45)37-29)33-14(9-32-23)8-31-13-3-1-12(2-4-13)24(43)34-17(27(46)47)6-5-15(39)7-16(21(41)22(42)19(40)10-38)25(44)35-18(11-50)28(48)49/h1-4,9,16-19,21-22,31,38,40-42,50H,5-8,10-11H2,(H,34,43)(H,35,44)(H,46,47)(H,48,49)(H3,30,32,36,37,45)/t16?,17-,18+,19+,21?,22+/m0/s1. The number of aromatic amines is 1. The highest BCUT2D eigenvalue weighted by Gasteiger charge is 2.38. The number of amides is 2. The highest BCUT2D eigenvalue weighted by atomic mass is 32.1. The van der Waals surface area contributed by atoms with Gasteiger partial charge in [-0.3, -0.25) is 24.2 Å². The molecule has 0 aliphatic rings. The van der Waals surface area contributed by atoms with Crippen molar-refractivity contribution < 1.29 is 54.6 Å². The number of anilines is 2. The fourth-order valence-corrected chi connectivity index (χ4v) is 4.79. The van der Waals surface area contributed by atoms with Gasteiger partial charge < -0.3 is 52.3 Å². The van der Waals surface area contributed by atoms with Crippen LogP contribution in [0, 0.1) is 5.92 Å². The van der Waals surface area contributed by atoms with Crippen LogP contribution in [-0.4, -0.2) is 123 Å². The Bertz CT molecular complexity index is 1760. The molecule has 1 aromatic carbocycles. The second-order valence-electron chi connectivity index (χ2n) is 11.0. The van der Waals surface area contributed by atoms with Crippen LogP contribution in [0.25, 0.3) is 11.2 Å². The summed E-state index contributed by atoms with van der Waals surface area (Å²) < 4.78 is 0. The Morgan fingerprint density at radius 1 is 0.940 bits per heavy atom. The van der Waals surface area contributed by atoms with Crippen LogP contribution in [0.3, 0.4) is 0 Å². The Hall–Kier alpha value is -5.22. The van der Waals surface area contributed by atoms with Gasteiger partial charge in [0.25, 0.3) is 11.5 Å². The number of aromatic nitrogens is 4. The number of thiol groups is 1. The van der Waals surface area contributed by atoms with E-state index in [0.29, 0.717) is 11.4 Å². The maximum atomic E-state index is 12.8. The van der Waals surface area contributed by atoms with Crippen LogP contribution >= 0.6 is 12.6 Å². The summed E-state index contributed by atoms with van der Waals surface area (Å²) in [5.41, 5.74) is 6.03. The zero-order valence-electron chi connectivity index (χ0n) is 26.1. The first-order valence-corrected chi connectivity index (χ1v) is 15.5. The second-order valence-corrected chi connectivity index (χ2v) is 11.3. The van der Waals surface area contributed by atoms with Gasteiger partial charge in [0.15, 0.2) is 11.2 Å². The Kier molecular flexibility index (Phi) is 14.1. The van der Waals surface area contributed by atoms with Gasteiger partial charge in [-0.05, 0) is 30.7 Å². The molecule has 0 fully saturated rings.